The highest BCUT2D eigenvalue weighted by molar-refractivity contribution is 6.00. The molecule has 0 saturated carbocycles. The van der Waals surface area contributed by atoms with E-state index in [0.717, 1.165) is 16.7 Å². The number of H-pyrrole nitrogens is 1. The maximum atomic E-state index is 13.5. The number of fused-ring (bicyclic) bond motifs is 1. The van der Waals surface area contributed by atoms with Crippen molar-refractivity contribution in [3.8, 4) is 11.3 Å². The fraction of sp³-hybridized carbons (Fsp3) is 0.238. The molecule has 0 fully saturated rings. The van der Waals surface area contributed by atoms with Crippen molar-refractivity contribution in [3.63, 3.8) is 0 Å². The standard InChI is InChI=1S/C21H20FN3O3/c1-27-16(28-2)12-25-20(14-8-10-15(22)11-9-14)17-18(13-6-4-3-5-7-13)23-24-19(17)21(25)26/h3-11,16,20H,12H2,1-2H3,(H,23,24). The van der Waals surface area contributed by atoms with Gasteiger partial charge in [0, 0.05) is 25.3 Å². The molecule has 144 valence electrons. The normalized spacial score (nSPS) is 16.1. The van der Waals surface area contributed by atoms with Crippen LogP contribution >= 0.6 is 0 Å². The van der Waals surface area contributed by atoms with Crippen LogP contribution in [0.2, 0.25) is 0 Å². The van der Waals surface area contributed by atoms with Crippen LogP contribution in [0.15, 0.2) is 54.6 Å². The number of hydrogen-bond acceptors (Lipinski definition) is 4. The van der Waals surface area contributed by atoms with Gasteiger partial charge in [0.15, 0.2) is 6.29 Å². The van der Waals surface area contributed by atoms with Crippen molar-refractivity contribution < 1.29 is 18.7 Å². The first-order valence-electron chi connectivity index (χ1n) is 8.89. The topological polar surface area (TPSA) is 67.5 Å². The molecule has 6 nitrogen and oxygen atoms in total. The van der Waals surface area contributed by atoms with Crippen molar-refractivity contribution in [3.05, 3.63) is 77.2 Å². The number of carbonyl (C=O) groups excluding carboxylic acids is 1. The molecule has 1 amide bonds. The minimum Gasteiger partial charge on any atom is -0.354 e. The Labute approximate surface area is 161 Å². The maximum Gasteiger partial charge on any atom is 0.273 e. The Hall–Kier alpha value is -3.03. The molecular weight excluding hydrogens is 361 g/mol. The van der Waals surface area contributed by atoms with Crippen LogP contribution < -0.4 is 0 Å². The van der Waals surface area contributed by atoms with Gasteiger partial charge in [-0.15, -0.1) is 0 Å². The molecule has 0 spiro atoms. The predicted octanol–water partition coefficient (Wildman–Crippen LogP) is 3.38. The molecule has 0 saturated heterocycles. The second kappa shape index (κ2) is 7.53. The first kappa shape index (κ1) is 18.3. The molecule has 28 heavy (non-hydrogen) atoms. The van der Waals surface area contributed by atoms with E-state index >= 15 is 0 Å². The Morgan fingerprint density at radius 2 is 1.79 bits per heavy atom. The average molecular weight is 381 g/mol. The Bertz CT molecular complexity index is 968. The predicted molar refractivity (Wildman–Crippen MR) is 101 cm³/mol. The summed E-state index contributed by atoms with van der Waals surface area (Å²) in [6, 6.07) is 15.4. The number of ether oxygens (including phenoxy) is 2. The van der Waals surface area contributed by atoms with Gasteiger partial charge in [-0.05, 0) is 17.7 Å². The van der Waals surface area contributed by atoms with Crippen molar-refractivity contribution >= 4 is 5.91 Å². The van der Waals surface area contributed by atoms with Crippen molar-refractivity contribution in [1.82, 2.24) is 15.1 Å². The van der Waals surface area contributed by atoms with Crippen LogP contribution in [0.4, 0.5) is 4.39 Å². The zero-order valence-electron chi connectivity index (χ0n) is 15.6. The molecule has 1 aliphatic heterocycles. The van der Waals surface area contributed by atoms with Gasteiger partial charge in [0.05, 0.1) is 18.3 Å². The van der Waals surface area contributed by atoms with E-state index in [9.17, 15) is 9.18 Å². The molecule has 0 radical (unpaired) electrons. The first-order chi connectivity index (χ1) is 13.6. The molecule has 4 rings (SSSR count). The van der Waals surface area contributed by atoms with E-state index < -0.39 is 12.3 Å². The summed E-state index contributed by atoms with van der Waals surface area (Å²) in [7, 11) is 3.05. The zero-order chi connectivity index (χ0) is 19.7. The zero-order valence-corrected chi connectivity index (χ0v) is 15.6. The fourth-order valence-corrected chi connectivity index (χ4v) is 3.60. The maximum absolute atomic E-state index is 13.5. The van der Waals surface area contributed by atoms with Gasteiger partial charge in [0.25, 0.3) is 5.91 Å². The van der Waals surface area contributed by atoms with E-state index in [1.807, 2.05) is 30.3 Å². The van der Waals surface area contributed by atoms with E-state index in [1.165, 1.54) is 26.4 Å². The number of nitrogens with zero attached hydrogens (tertiary/aromatic N) is 2. The molecule has 3 aromatic rings. The van der Waals surface area contributed by atoms with Crippen molar-refractivity contribution in [2.45, 2.75) is 12.3 Å². The van der Waals surface area contributed by atoms with E-state index in [4.69, 9.17) is 9.47 Å². The molecule has 1 atom stereocenters. The van der Waals surface area contributed by atoms with E-state index in [1.54, 1.807) is 17.0 Å². The Morgan fingerprint density at radius 1 is 1.11 bits per heavy atom. The number of aromatic nitrogens is 2. The molecule has 1 aromatic heterocycles. The van der Waals surface area contributed by atoms with Crippen LogP contribution in [0.3, 0.4) is 0 Å². The molecule has 2 heterocycles. The van der Waals surface area contributed by atoms with Crippen molar-refractivity contribution in [2.24, 2.45) is 0 Å². The van der Waals surface area contributed by atoms with E-state index in [-0.39, 0.29) is 18.3 Å². The lowest BCUT2D eigenvalue weighted by molar-refractivity contribution is -0.113. The highest BCUT2D eigenvalue weighted by Gasteiger charge is 2.43. The molecule has 1 aliphatic rings. The third-order valence-electron chi connectivity index (χ3n) is 4.97. The minimum absolute atomic E-state index is 0.196. The molecule has 7 heteroatoms. The number of aromatic amines is 1. The van der Waals surface area contributed by atoms with Gasteiger partial charge in [0.1, 0.15) is 11.5 Å². The average Bonchev–Trinajstić information content (AvgIpc) is 3.27. The van der Waals surface area contributed by atoms with Crippen LogP contribution in [0, 0.1) is 5.82 Å². The van der Waals surface area contributed by atoms with Crippen LogP contribution in [-0.2, 0) is 9.47 Å². The highest BCUT2D eigenvalue weighted by Crippen LogP contribution is 2.42. The first-order valence-corrected chi connectivity index (χ1v) is 8.89. The van der Waals surface area contributed by atoms with Gasteiger partial charge in [-0.2, -0.15) is 5.10 Å². The van der Waals surface area contributed by atoms with Gasteiger partial charge in [0.2, 0.25) is 0 Å². The Kier molecular flexibility index (Phi) is 4.93. The quantitative estimate of drug-likeness (QED) is 0.665. The summed E-state index contributed by atoms with van der Waals surface area (Å²) < 4.78 is 24.1. The number of hydrogen-bond donors (Lipinski definition) is 1. The van der Waals surface area contributed by atoms with Gasteiger partial charge < -0.3 is 14.4 Å². The summed E-state index contributed by atoms with van der Waals surface area (Å²) in [5.74, 6) is -0.528. The second-order valence-corrected chi connectivity index (χ2v) is 6.54. The summed E-state index contributed by atoms with van der Waals surface area (Å²) in [4.78, 5) is 14.8. The second-order valence-electron chi connectivity index (χ2n) is 6.54. The lowest BCUT2D eigenvalue weighted by Gasteiger charge is -2.29. The lowest BCUT2D eigenvalue weighted by Crippen LogP contribution is -2.38. The fourth-order valence-electron chi connectivity index (χ4n) is 3.60. The van der Waals surface area contributed by atoms with Gasteiger partial charge >= 0.3 is 0 Å². The van der Waals surface area contributed by atoms with Crippen molar-refractivity contribution in [2.75, 3.05) is 20.8 Å². The number of nitrogens with one attached hydrogen (secondary N) is 1. The number of amides is 1. The van der Waals surface area contributed by atoms with Gasteiger partial charge in [-0.3, -0.25) is 9.89 Å². The number of rotatable bonds is 6. The van der Waals surface area contributed by atoms with E-state index in [2.05, 4.69) is 10.2 Å². The monoisotopic (exact) mass is 381 g/mol. The molecule has 2 aromatic carbocycles. The lowest BCUT2D eigenvalue weighted by atomic mass is 9.96. The number of benzene rings is 2. The highest BCUT2D eigenvalue weighted by atomic mass is 19.1. The molecule has 1 N–H and O–H groups in total. The molecule has 0 bridgehead atoms. The molecule has 1 unspecified atom stereocenters. The van der Waals surface area contributed by atoms with E-state index in [0.29, 0.717) is 11.4 Å². The Balaban J connectivity index is 1.84. The van der Waals surface area contributed by atoms with Crippen LogP contribution in [0.25, 0.3) is 11.3 Å². The smallest absolute Gasteiger partial charge is 0.273 e. The molecular formula is C21H20FN3O3. The van der Waals surface area contributed by atoms with Gasteiger partial charge in [-0.25, -0.2) is 4.39 Å². The summed E-state index contributed by atoms with van der Waals surface area (Å²) in [5, 5.41) is 7.28. The molecule has 0 aliphatic carbocycles. The summed E-state index contributed by atoms with van der Waals surface area (Å²) in [5.41, 5.74) is 3.59. The summed E-state index contributed by atoms with van der Waals surface area (Å²) >= 11 is 0. The van der Waals surface area contributed by atoms with Gasteiger partial charge in [-0.1, -0.05) is 42.5 Å². The summed E-state index contributed by atoms with van der Waals surface area (Å²) in [6.07, 6.45) is -0.580. The van der Waals surface area contributed by atoms with Crippen LogP contribution in [0.1, 0.15) is 27.7 Å². The number of carbonyl (C=O) groups is 1. The largest absolute Gasteiger partial charge is 0.354 e. The van der Waals surface area contributed by atoms with Crippen LogP contribution in [0.5, 0.6) is 0 Å². The summed E-state index contributed by atoms with van der Waals surface area (Å²) in [6.45, 7) is 0.227. The third kappa shape index (κ3) is 3.08. The Morgan fingerprint density at radius 3 is 2.43 bits per heavy atom. The SMILES string of the molecule is COC(CN1C(=O)c2[nH]nc(-c3ccccc3)c2C1c1ccc(F)cc1)OC. The van der Waals surface area contributed by atoms with Crippen LogP contribution in [-0.4, -0.2) is 48.1 Å². The van der Waals surface area contributed by atoms with Crippen molar-refractivity contribution in [1.29, 1.82) is 0 Å². The third-order valence-corrected chi connectivity index (χ3v) is 4.97. The number of methoxy groups -OCH3 is 2. The number of halogens is 1. The minimum atomic E-state index is -0.580.